The lowest BCUT2D eigenvalue weighted by atomic mass is 10.1. The molecule has 1 aromatic rings. The minimum atomic E-state index is -3.86. The summed E-state index contributed by atoms with van der Waals surface area (Å²) < 4.78 is 23.8. The van der Waals surface area contributed by atoms with E-state index in [2.05, 4.69) is 23.7 Å². The normalized spacial score (nSPS) is 18.3. The Morgan fingerprint density at radius 3 is 2.53 bits per heavy atom. The van der Waals surface area contributed by atoms with Crippen molar-refractivity contribution in [1.29, 1.82) is 0 Å². The van der Waals surface area contributed by atoms with E-state index in [0.29, 0.717) is 17.8 Å². The fourth-order valence-electron chi connectivity index (χ4n) is 3.94. The first-order chi connectivity index (χ1) is 16.7. The van der Waals surface area contributed by atoms with Crippen molar-refractivity contribution in [2.75, 3.05) is 26.4 Å². The van der Waals surface area contributed by atoms with Crippen LogP contribution in [-0.2, 0) is 26.0 Å². The van der Waals surface area contributed by atoms with Gasteiger partial charge in [0.25, 0.3) is 5.91 Å². The molecule has 1 aromatic heterocycles. The van der Waals surface area contributed by atoms with E-state index >= 15 is 0 Å². The number of fused-ring (bicyclic) bond motifs is 1. The van der Waals surface area contributed by atoms with Gasteiger partial charge in [-0.15, -0.1) is 0 Å². The largest absolute Gasteiger partial charge is 0.480 e. The Kier molecular flexibility index (Phi) is 7.55. The predicted molar refractivity (Wildman–Crippen MR) is 129 cm³/mol. The van der Waals surface area contributed by atoms with Gasteiger partial charge >= 0.3 is 12.0 Å². The Balaban J connectivity index is 1.62. The number of carbonyl (C=O) groups excluding carboxylic acids is 2. The fourth-order valence-corrected chi connectivity index (χ4v) is 4.79. The highest BCUT2D eigenvalue weighted by Crippen LogP contribution is 2.45. The number of hydrogen-bond acceptors (Lipinski definition) is 7. The van der Waals surface area contributed by atoms with Crippen LogP contribution in [0.2, 0.25) is 0 Å². The molecule has 2 heterocycles. The Bertz CT molecular complexity index is 1310. The third-order valence-electron chi connectivity index (χ3n) is 7.01. The van der Waals surface area contributed by atoms with Gasteiger partial charge in [-0.2, -0.15) is 0 Å². The van der Waals surface area contributed by atoms with E-state index < -0.39 is 32.5 Å². The topological polar surface area (TPSA) is 149 Å². The molecule has 2 aliphatic rings. The van der Waals surface area contributed by atoms with E-state index in [0.717, 1.165) is 19.1 Å². The number of carbonyl (C=O) groups is 3. The molecule has 12 heteroatoms. The maximum Gasteiger partial charge on any atom is 0.328 e. The molecular formula is C24H30N4O7S. The molecule has 1 unspecified atom stereocenters. The molecule has 2 amide bonds. The summed E-state index contributed by atoms with van der Waals surface area (Å²) >= 11 is 0. The summed E-state index contributed by atoms with van der Waals surface area (Å²) in [5.74, 6) is 9.80. The maximum atomic E-state index is 12.8. The smallest absolute Gasteiger partial charge is 0.328 e. The quantitative estimate of drug-likeness (QED) is 0.243. The lowest BCUT2D eigenvalue weighted by Crippen LogP contribution is -2.50. The summed E-state index contributed by atoms with van der Waals surface area (Å²) in [7, 11) is -2.09. The maximum absolute atomic E-state index is 12.8. The molecular weight excluding hydrogens is 488 g/mol. The van der Waals surface area contributed by atoms with Crippen molar-refractivity contribution in [3.05, 3.63) is 23.5 Å². The summed E-state index contributed by atoms with van der Waals surface area (Å²) in [6.45, 7) is 3.62. The number of nitrogens with zero attached hydrogens (tertiary/aromatic N) is 3. The first kappa shape index (κ1) is 27.3. The van der Waals surface area contributed by atoms with Gasteiger partial charge in [0.15, 0.2) is 14.6 Å². The number of hydrogen-bond donors (Lipinski definition) is 3. The van der Waals surface area contributed by atoms with Gasteiger partial charge in [-0.25, -0.2) is 18.7 Å². The Morgan fingerprint density at radius 1 is 1.33 bits per heavy atom. The van der Waals surface area contributed by atoms with Crippen LogP contribution in [0.5, 0.6) is 0 Å². The first-order valence-electron chi connectivity index (χ1n) is 11.3. The van der Waals surface area contributed by atoms with Crippen LogP contribution in [0.4, 0.5) is 4.79 Å². The highest BCUT2D eigenvalue weighted by Gasteiger charge is 2.45. The standard InChI is InChI=1S/C24H30N4O7S/c1-17(20(29)30)26(3)16-24(9-10-24)8-6-5-7-18-13-19-15-27(22(32)28(19)14-18)12-11-23(2,21(31)25-33)36(4,34)35/h13-14,17,33H,9-12,15-16H2,1-4H3,(H,25,31)(H,29,30)/t17-,23?/m1/s1. The summed E-state index contributed by atoms with van der Waals surface area (Å²) in [5.41, 5.74) is 2.44. The number of nitrogens with one attached hydrogen (secondary N) is 1. The first-order valence-corrected chi connectivity index (χ1v) is 13.2. The number of carboxylic acid groups (broad SMARTS) is 1. The van der Waals surface area contributed by atoms with E-state index in [1.807, 2.05) is 0 Å². The zero-order valence-electron chi connectivity index (χ0n) is 20.7. The van der Waals surface area contributed by atoms with E-state index in [4.69, 9.17) is 10.3 Å². The van der Waals surface area contributed by atoms with Crippen LogP contribution in [0.25, 0.3) is 0 Å². The van der Waals surface area contributed by atoms with Crippen molar-refractivity contribution in [2.45, 2.75) is 50.4 Å². The lowest BCUT2D eigenvalue weighted by molar-refractivity contribution is -0.142. The molecule has 2 atom stereocenters. The summed E-state index contributed by atoms with van der Waals surface area (Å²) in [5, 5.41) is 18.1. The van der Waals surface area contributed by atoms with E-state index in [1.165, 1.54) is 21.9 Å². The number of hydroxylamine groups is 1. The molecule has 3 rings (SSSR count). The molecule has 0 spiro atoms. The average molecular weight is 519 g/mol. The van der Waals surface area contributed by atoms with Crippen LogP contribution in [0.15, 0.2) is 12.3 Å². The van der Waals surface area contributed by atoms with Crippen molar-refractivity contribution in [2.24, 2.45) is 5.41 Å². The second-order valence-electron chi connectivity index (χ2n) is 9.70. The van der Waals surface area contributed by atoms with E-state index in [9.17, 15) is 22.8 Å². The molecule has 11 nitrogen and oxygen atoms in total. The van der Waals surface area contributed by atoms with Crippen LogP contribution < -0.4 is 5.48 Å². The van der Waals surface area contributed by atoms with Crippen LogP contribution in [0.3, 0.4) is 0 Å². The number of carboxylic acids is 1. The molecule has 0 bridgehead atoms. The van der Waals surface area contributed by atoms with Crippen molar-refractivity contribution in [3.8, 4) is 23.7 Å². The summed E-state index contributed by atoms with van der Waals surface area (Å²) in [6.07, 6.45) is 4.09. The van der Waals surface area contributed by atoms with Crippen molar-refractivity contribution >= 4 is 27.7 Å². The van der Waals surface area contributed by atoms with Gasteiger partial charge in [-0.05, 0) is 58.1 Å². The monoisotopic (exact) mass is 518 g/mol. The Morgan fingerprint density at radius 2 is 2.00 bits per heavy atom. The van der Waals surface area contributed by atoms with Gasteiger partial charge in [0.1, 0.15) is 6.04 Å². The average Bonchev–Trinajstić information content (AvgIpc) is 3.35. The second-order valence-corrected chi connectivity index (χ2v) is 12.1. The van der Waals surface area contributed by atoms with Crippen LogP contribution >= 0.6 is 0 Å². The SMILES string of the molecule is C[C@H](C(=O)O)N(C)CC1(C#CC#Cc2cc3n(c2)C(=O)N(CCC(C)(C(=O)NO)S(C)(=O)=O)C3)CC1. The van der Waals surface area contributed by atoms with Gasteiger partial charge < -0.3 is 10.0 Å². The molecule has 1 aliphatic carbocycles. The molecule has 1 aliphatic heterocycles. The minimum absolute atomic E-state index is 0.00101. The number of likely N-dealkylation sites (N-methyl/N-ethyl adjacent to an activating group) is 1. The molecule has 3 N–H and O–H groups in total. The molecule has 1 saturated carbocycles. The molecule has 0 radical (unpaired) electrons. The highest BCUT2D eigenvalue weighted by atomic mass is 32.2. The minimum Gasteiger partial charge on any atom is -0.480 e. The Labute approximate surface area is 210 Å². The number of amides is 2. The van der Waals surface area contributed by atoms with Crippen molar-refractivity contribution in [1.82, 2.24) is 19.8 Å². The molecule has 0 saturated heterocycles. The number of aromatic nitrogens is 1. The lowest BCUT2D eigenvalue weighted by Gasteiger charge is -2.27. The van der Waals surface area contributed by atoms with Crippen molar-refractivity contribution in [3.63, 3.8) is 0 Å². The van der Waals surface area contributed by atoms with Gasteiger partial charge in [-0.1, -0.05) is 11.8 Å². The summed E-state index contributed by atoms with van der Waals surface area (Å²) in [6, 6.07) is 0.790. The zero-order valence-corrected chi connectivity index (χ0v) is 21.5. The second kappa shape index (κ2) is 9.97. The molecule has 194 valence electrons. The number of aliphatic carboxylic acids is 1. The third-order valence-corrected chi connectivity index (χ3v) is 9.04. The van der Waals surface area contributed by atoms with E-state index in [1.54, 1.807) is 31.1 Å². The molecule has 36 heavy (non-hydrogen) atoms. The van der Waals surface area contributed by atoms with Crippen LogP contribution in [0.1, 0.15) is 44.4 Å². The highest BCUT2D eigenvalue weighted by molar-refractivity contribution is 7.92. The van der Waals surface area contributed by atoms with Gasteiger partial charge in [0.05, 0.1) is 6.54 Å². The third kappa shape index (κ3) is 5.57. The van der Waals surface area contributed by atoms with Gasteiger partial charge in [0.2, 0.25) is 0 Å². The summed E-state index contributed by atoms with van der Waals surface area (Å²) in [4.78, 5) is 39.1. The Hall–Kier alpha value is -3.32. The van der Waals surface area contributed by atoms with Crippen molar-refractivity contribution < 1.29 is 33.1 Å². The van der Waals surface area contributed by atoms with E-state index in [-0.39, 0.29) is 31.0 Å². The fraction of sp³-hybridized carbons (Fsp3) is 0.542. The van der Waals surface area contributed by atoms with Gasteiger partial charge in [-0.3, -0.25) is 24.3 Å². The molecule has 0 aromatic carbocycles. The van der Waals surface area contributed by atoms with Gasteiger partial charge in [0, 0.05) is 42.2 Å². The van der Waals surface area contributed by atoms with Crippen LogP contribution in [0, 0.1) is 29.1 Å². The van der Waals surface area contributed by atoms with Crippen LogP contribution in [-0.4, -0.2) is 88.2 Å². The zero-order chi connectivity index (χ0) is 26.9. The molecule has 1 fully saturated rings. The number of sulfone groups is 1. The number of rotatable bonds is 9. The predicted octanol–water partition coefficient (Wildman–Crippen LogP) is 0.511.